The van der Waals surface area contributed by atoms with E-state index in [9.17, 15) is 43.3 Å². The topological polar surface area (TPSA) is 372 Å². The van der Waals surface area contributed by atoms with Crippen molar-refractivity contribution in [1.82, 2.24) is 4.98 Å². The number of rotatable bonds is 18. The number of hydrogen-bond donors (Lipinski definition) is 9. The minimum Gasteiger partial charge on any atom is -0.505 e. The number of aliphatic hydroxyl groups is 2. The standard InChI is InChI=1S/C36H30N8O16S3/c1-16-7-26(42-44-33-30(62-60-58-52)8-17-9-31(63(53,54)55)23(37)11-21(17)34(33)47)28(56-15-19(46)14-45)12-25(16)41-39-18-4-5-24(22(10-18)36(49)50)40-43-27-13-29(61-59-57-51)20-3-2-6-38-32(20)35(27)48/h2-13,19,45-48,51-52H,14-15,37H2,1H3,(H,49,50)(H,53,54,55). The van der Waals surface area contributed by atoms with E-state index in [1.807, 2.05) is 0 Å². The van der Waals surface area contributed by atoms with Crippen LogP contribution in [-0.4, -0.2) is 79.3 Å². The summed E-state index contributed by atoms with van der Waals surface area (Å²) in [5.41, 5.74) is 5.28. The predicted octanol–water partition coefficient (Wildman–Crippen LogP) is 8.47. The summed E-state index contributed by atoms with van der Waals surface area (Å²) in [6, 6.07) is 14.5. The number of benzene rings is 5. The quantitative estimate of drug-likeness (QED) is 0.00973. The number of aromatic nitrogens is 1. The van der Waals surface area contributed by atoms with Gasteiger partial charge in [0.2, 0.25) is 0 Å². The summed E-state index contributed by atoms with van der Waals surface area (Å²) < 4.78 is 48.1. The molecular formula is C36H30N8O16S3. The molecule has 0 radical (unpaired) electrons. The fourth-order valence-electron chi connectivity index (χ4n) is 5.58. The summed E-state index contributed by atoms with van der Waals surface area (Å²) in [4.78, 5) is 16.0. The smallest absolute Gasteiger partial charge is 0.338 e. The van der Waals surface area contributed by atoms with Gasteiger partial charge in [-0.1, -0.05) is 10.1 Å². The van der Waals surface area contributed by atoms with Gasteiger partial charge in [-0.2, -0.15) is 18.6 Å². The summed E-state index contributed by atoms with van der Waals surface area (Å²) >= 11 is 0.936. The van der Waals surface area contributed by atoms with E-state index in [1.165, 1.54) is 42.6 Å². The molecule has 0 saturated carbocycles. The zero-order valence-corrected chi connectivity index (χ0v) is 34.1. The van der Waals surface area contributed by atoms with Gasteiger partial charge in [0.05, 0.1) is 63.1 Å². The normalized spacial score (nSPS) is 12.7. The molecule has 0 fully saturated rings. The molecule has 63 heavy (non-hydrogen) atoms. The molecule has 6 rings (SSSR count). The van der Waals surface area contributed by atoms with Gasteiger partial charge in [0.1, 0.15) is 51.6 Å². The number of nitrogens with zero attached hydrogens (tertiary/aromatic N) is 7. The molecule has 0 aliphatic heterocycles. The molecule has 10 N–H and O–H groups in total. The van der Waals surface area contributed by atoms with Crippen molar-refractivity contribution in [2.45, 2.75) is 27.7 Å². The van der Waals surface area contributed by atoms with E-state index < -0.39 is 51.7 Å². The number of aliphatic hydroxyl groups excluding tert-OH is 2. The van der Waals surface area contributed by atoms with Crippen molar-refractivity contribution in [2.75, 3.05) is 18.9 Å². The highest BCUT2D eigenvalue weighted by Crippen LogP contribution is 2.47. The van der Waals surface area contributed by atoms with Gasteiger partial charge in [-0.05, 0) is 78.5 Å². The van der Waals surface area contributed by atoms with Gasteiger partial charge in [0, 0.05) is 23.0 Å². The van der Waals surface area contributed by atoms with Crippen molar-refractivity contribution in [1.29, 1.82) is 0 Å². The van der Waals surface area contributed by atoms with Gasteiger partial charge in [0.25, 0.3) is 10.1 Å². The van der Waals surface area contributed by atoms with Crippen LogP contribution in [0.15, 0.2) is 118 Å². The van der Waals surface area contributed by atoms with Crippen molar-refractivity contribution in [3.05, 3.63) is 84.1 Å². The van der Waals surface area contributed by atoms with Gasteiger partial charge in [-0.15, -0.1) is 29.1 Å². The Morgan fingerprint density at radius 2 is 1.52 bits per heavy atom. The van der Waals surface area contributed by atoms with Gasteiger partial charge in [-0.3, -0.25) is 9.54 Å². The van der Waals surface area contributed by atoms with Crippen molar-refractivity contribution in [3.8, 4) is 17.2 Å². The molecule has 27 heteroatoms. The van der Waals surface area contributed by atoms with Crippen LogP contribution >= 0.6 is 24.1 Å². The number of fused-ring (bicyclic) bond motifs is 2. The molecule has 6 aromatic rings. The summed E-state index contributed by atoms with van der Waals surface area (Å²) in [6.07, 6.45) is 0.0924. The Morgan fingerprint density at radius 3 is 2.22 bits per heavy atom. The highest BCUT2D eigenvalue weighted by molar-refractivity contribution is 7.95. The number of carbonyl (C=O) groups is 1. The first-order chi connectivity index (χ1) is 30.1. The van der Waals surface area contributed by atoms with Crippen LogP contribution in [0.3, 0.4) is 0 Å². The Hall–Kier alpha value is -6.47. The highest BCUT2D eigenvalue weighted by atomic mass is 32.2. The number of hydrogen-bond acceptors (Lipinski definition) is 24. The van der Waals surface area contributed by atoms with Crippen LogP contribution in [0, 0.1) is 6.92 Å². The van der Waals surface area contributed by atoms with E-state index in [4.69, 9.17) is 21.0 Å². The van der Waals surface area contributed by atoms with Crippen molar-refractivity contribution in [2.24, 2.45) is 30.7 Å². The molecule has 0 aliphatic carbocycles. The average molecular weight is 927 g/mol. The van der Waals surface area contributed by atoms with Gasteiger partial charge in [-0.25, -0.2) is 15.3 Å². The summed E-state index contributed by atoms with van der Waals surface area (Å²) in [7, 11) is -4.76. The minimum absolute atomic E-state index is 0.0105. The third kappa shape index (κ3) is 10.8. The third-order valence-electron chi connectivity index (χ3n) is 8.50. The number of phenols is 2. The van der Waals surface area contributed by atoms with Gasteiger partial charge in [0.15, 0.2) is 11.5 Å². The van der Waals surface area contributed by atoms with E-state index in [0.29, 0.717) is 39.9 Å². The number of pyridine rings is 1. The molecular weight excluding hydrogens is 897 g/mol. The molecule has 1 heterocycles. The zero-order valence-electron chi connectivity index (χ0n) is 31.7. The number of carboxylic acids is 1. The number of phenolic OH excluding ortho intramolecular Hbond substituents is 2. The second-order valence-corrected chi connectivity index (χ2v) is 15.5. The maximum Gasteiger partial charge on any atom is 0.338 e. The molecule has 24 nitrogen and oxygen atoms in total. The van der Waals surface area contributed by atoms with Gasteiger partial charge < -0.3 is 36.0 Å². The Bertz CT molecular complexity index is 2920. The van der Waals surface area contributed by atoms with E-state index in [-0.39, 0.29) is 72.4 Å². The lowest BCUT2D eigenvalue weighted by molar-refractivity contribution is -0.432. The van der Waals surface area contributed by atoms with Crippen LogP contribution in [0.5, 0.6) is 17.2 Å². The van der Waals surface area contributed by atoms with E-state index in [0.717, 1.165) is 18.2 Å². The highest BCUT2D eigenvalue weighted by Gasteiger charge is 2.22. The molecule has 328 valence electrons. The van der Waals surface area contributed by atoms with Crippen molar-refractivity contribution < 1.29 is 77.3 Å². The zero-order chi connectivity index (χ0) is 45.4. The number of azo groups is 3. The van der Waals surface area contributed by atoms with Crippen LogP contribution in [0.25, 0.3) is 21.7 Å². The van der Waals surface area contributed by atoms with Crippen LogP contribution < -0.4 is 10.5 Å². The lowest BCUT2D eigenvalue weighted by Gasteiger charge is -2.14. The molecule has 0 amide bonds. The summed E-state index contributed by atoms with van der Waals surface area (Å²) in [6.45, 7) is 0.509. The SMILES string of the molecule is Cc1cc(N=Nc2c(SOOO)cc3cc(S(=O)(=O)O)c(N)cc3c2O)c(OCC(O)CO)cc1N=Nc1ccc(N=Nc2cc(SOOO)c3cccnc3c2O)c(C(=O)O)c1. The van der Waals surface area contributed by atoms with E-state index >= 15 is 0 Å². The fourth-order valence-corrected chi connectivity index (χ4v) is 7.22. The molecule has 0 saturated heterocycles. The first kappa shape index (κ1) is 46.0. The molecule has 0 bridgehead atoms. The Morgan fingerprint density at radius 1 is 0.825 bits per heavy atom. The number of aryl methyl sites for hydroxylation is 1. The number of nitrogens with two attached hydrogens (primary N) is 1. The van der Waals surface area contributed by atoms with E-state index in [1.54, 1.807) is 19.1 Å². The monoisotopic (exact) mass is 926 g/mol. The molecule has 1 aromatic heterocycles. The number of ether oxygens (including phenoxy) is 1. The summed E-state index contributed by atoms with van der Waals surface area (Å²) in [5, 5.41) is 101. The number of carboxylic acid groups (broad SMARTS) is 1. The van der Waals surface area contributed by atoms with Crippen LogP contribution in [0.4, 0.5) is 39.8 Å². The number of aromatic hydroxyl groups is 2. The Labute approximate surface area is 361 Å². The largest absolute Gasteiger partial charge is 0.505 e. The lowest BCUT2D eigenvalue weighted by atomic mass is 10.1. The Balaban J connectivity index is 1.34. The third-order valence-corrected chi connectivity index (χ3v) is 10.7. The fraction of sp³-hybridized carbons (Fsp3) is 0.111. The first-order valence-corrected chi connectivity index (χ1v) is 20.2. The number of anilines is 1. The average Bonchev–Trinajstić information content (AvgIpc) is 3.26. The maximum absolute atomic E-state index is 12.3. The predicted molar refractivity (Wildman–Crippen MR) is 220 cm³/mol. The molecule has 1 atom stereocenters. The molecule has 0 spiro atoms. The Kier molecular flexibility index (Phi) is 14.7. The van der Waals surface area contributed by atoms with Crippen LogP contribution in [0.1, 0.15) is 15.9 Å². The maximum atomic E-state index is 12.3. The van der Waals surface area contributed by atoms with Crippen molar-refractivity contribution >= 4 is 102 Å². The minimum atomic E-state index is -4.76. The van der Waals surface area contributed by atoms with Crippen LogP contribution in [0.2, 0.25) is 0 Å². The molecule has 5 aromatic carbocycles. The molecule has 1 unspecified atom stereocenters. The second kappa shape index (κ2) is 20.1. The lowest BCUT2D eigenvalue weighted by Crippen LogP contribution is -2.21. The number of nitrogen functional groups attached to an aromatic ring is 1. The second-order valence-electron chi connectivity index (χ2n) is 12.6. The molecule has 0 aliphatic rings. The van der Waals surface area contributed by atoms with Crippen LogP contribution in [-0.2, 0) is 28.9 Å². The van der Waals surface area contributed by atoms with Crippen molar-refractivity contribution in [3.63, 3.8) is 0 Å². The summed E-state index contributed by atoms with van der Waals surface area (Å²) in [5.74, 6) is -2.42. The first-order valence-electron chi connectivity index (χ1n) is 17.3. The van der Waals surface area contributed by atoms with E-state index in [2.05, 4.69) is 54.4 Å². The number of aromatic carboxylic acids is 1. The van der Waals surface area contributed by atoms with Gasteiger partial charge >= 0.3 is 5.97 Å².